The van der Waals surface area contributed by atoms with Crippen LogP contribution in [-0.2, 0) is 4.79 Å². The number of carbonyl (C=O) groups excluding carboxylic acids is 1. The predicted molar refractivity (Wildman–Crippen MR) is 74.7 cm³/mol. The Morgan fingerprint density at radius 3 is 2.67 bits per heavy atom. The minimum absolute atomic E-state index is 0.135. The third-order valence-electron chi connectivity index (χ3n) is 2.69. The maximum atomic E-state index is 12.1. The van der Waals surface area contributed by atoms with Gasteiger partial charge >= 0.3 is 0 Å². The smallest absolute Gasteiger partial charge is 0.237 e. The number of amides is 1. The zero-order valence-electron chi connectivity index (χ0n) is 10.5. The lowest BCUT2D eigenvalue weighted by atomic mass is 9.91. The van der Waals surface area contributed by atoms with E-state index in [1.54, 1.807) is 13.8 Å². The van der Waals surface area contributed by atoms with Gasteiger partial charge in [-0.2, -0.15) is 0 Å². The Labute approximate surface area is 114 Å². The highest BCUT2D eigenvalue weighted by Crippen LogP contribution is 2.26. The van der Waals surface area contributed by atoms with Crippen molar-refractivity contribution in [2.24, 2.45) is 16.3 Å². The average molecular weight is 314 g/mol. The molecule has 1 aromatic carbocycles. The number of nitrogens with two attached hydrogens (primary N) is 1. The van der Waals surface area contributed by atoms with Crippen LogP contribution >= 0.6 is 15.9 Å². The van der Waals surface area contributed by atoms with Gasteiger partial charge in [-0.1, -0.05) is 11.2 Å². The van der Waals surface area contributed by atoms with Crippen LogP contribution in [0.5, 0.6) is 0 Å². The van der Waals surface area contributed by atoms with Gasteiger partial charge in [-0.25, -0.2) is 0 Å². The lowest BCUT2D eigenvalue weighted by Gasteiger charge is -2.22. The molecule has 0 saturated heterocycles. The molecule has 0 aliphatic carbocycles. The maximum Gasteiger partial charge on any atom is 0.237 e. The molecule has 18 heavy (non-hydrogen) atoms. The first-order chi connectivity index (χ1) is 8.28. The number of amidine groups is 1. The number of hydrogen-bond acceptors (Lipinski definition) is 3. The molecule has 5 nitrogen and oxygen atoms in total. The summed E-state index contributed by atoms with van der Waals surface area (Å²) in [5, 5.41) is 14.3. The van der Waals surface area contributed by atoms with E-state index >= 15 is 0 Å². The molecule has 0 aliphatic heterocycles. The van der Waals surface area contributed by atoms with Crippen LogP contribution in [-0.4, -0.2) is 17.0 Å². The number of carbonyl (C=O) groups is 1. The van der Waals surface area contributed by atoms with Crippen molar-refractivity contribution in [1.82, 2.24) is 0 Å². The molecule has 4 N–H and O–H groups in total. The van der Waals surface area contributed by atoms with Crippen LogP contribution in [0.3, 0.4) is 0 Å². The summed E-state index contributed by atoms with van der Waals surface area (Å²) >= 11 is 3.35. The fourth-order valence-corrected chi connectivity index (χ4v) is 1.60. The molecule has 0 heterocycles. The van der Waals surface area contributed by atoms with Gasteiger partial charge in [0.05, 0.1) is 5.69 Å². The van der Waals surface area contributed by atoms with E-state index in [4.69, 9.17) is 10.9 Å². The SMILES string of the molecule is Cc1ccc(Br)c(NC(=O)C(C)(C)/C(N)=N/O)c1. The van der Waals surface area contributed by atoms with Crippen molar-refractivity contribution in [3.05, 3.63) is 28.2 Å². The van der Waals surface area contributed by atoms with E-state index < -0.39 is 5.41 Å². The first-order valence-corrected chi connectivity index (χ1v) is 6.14. The minimum atomic E-state index is -1.09. The summed E-state index contributed by atoms with van der Waals surface area (Å²) in [7, 11) is 0. The topological polar surface area (TPSA) is 87.7 Å². The van der Waals surface area contributed by atoms with E-state index in [-0.39, 0.29) is 11.7 Å². The summed E-state index contributed by atoms with van der Waals surface area (Å²) in [6.45, 7) is 5.10. The number of aryl methyl sites for hydroxylation is 1. The van der Waals surface area contributed by atoms with E-state index in [0.29, 0.717) is 5.69 Å². The first-order valence-electron chi connectivity index (χ1n) is 5.34. The first kappa shape index (κ1) is 14.5. The van der Waals surface area contributed by atoms with Crippen LogP contribution in [0.15, 0.2) is 27.8 Å². The summed E-state index contributed by atoms with van der Waals surface area (Å²) < 4.78 is 0.775. The molecule has 1 aromatic rings. The van der Waals surface area contributed by atoms with Gasteiger partial charge in [-0.05, 0) is 54.4 Å². The Morgan fingerprint density at radius 1 is 1.50 bits per heavy atom. The normalized spacial score (nSPS) is 12.3. The van der Waals surface area contributed by atoms with Crippen molar-refractivity contribution in [2.75, 3.05) is 5.32 Å². The van der Waals surface area contributed by atoms with Gasteiger partial charge in [0.25, 0.3) is 0 Å². The van der Waals surface area contributed by atoms with Crippen LogP contribution in [0.2, 0.25) is 0 Å². The van der Waals surface area contributed by atoms with Crippen LogP contribution < -0.4 is 11.1 Å². The van der Waals surface area contributed by atoms with Crippen molar-refractivity contribution < 1.29 is 10.0 Å². The number of nitrogens with one attached hydrogen (secondary N) is 1. The third-order valence-corrected chi connectivity index (χ3v) is 3.38. The molecular weight excluding hydrogens is 298 g/mol. The molecule has 0 radical (unpaired) electrons. The zero-order chi connectivity index (χ0) is 13.9. The van der Waals surface area contributed by atoms with Gasteiger partial charge in [0.2, 0.25) is 5.91 Å². The molecule has 0 aromatic heterocycles. The number of rotatable bonds is 3. The molecule has 0 fully saturated rings. The van der Waals surface area contributed by atoms with E-state index in [2.05, 4.69) is 26.4 Å². The average Bonchev–Trinajstić information content (AvgIpc) is 2.32. The standard InChI is InChI=1S/C12H16BrN3O2/c1-7-4-5-8(13)9(6-7)15-11(17)12(2,3)10(14)16-18/h4-6,18H,1-3H3,(H2,14,16)(H,15,17). The molecule has 0 spiro atoms. The summed E-state index contributed by atoms with van der Waals surface area (Å²) in [6, 6.07) is 5.61. The van der Waals surface area contributed by atoms with Crippen molar-refractivity contribution >= 4 is 33.4 Å². The Balaban J connectivity index is 2.98. The molecule has 1 rings (SSSR count). The largest absolute Gasteiger partial charge is 0.409 e. The summed E-state index contributed by atoms with van der Waals surface area (Å²) in [4.78, 5) is 12.1. The highest BCUT2D eigenvalue weighted by molar-refractivity contribution is 9.10. The van der Waals surface area contributed by atoms with Gasteiger partial charge in [0.15, 0.2) is 5.84 Å². The quantitative estimate of drug-likeness (QED) is 0.347. The van der Waals surface area contributed by atoms with Gasteiger partial charge < -0.3 is 16.3 Å². The lowest BCUT2D eigenvalue weighted by molar-refractivity contribution is -0.121. The Hall–Kier alpha value is -1.56. The van der Waals surface area contributed by atoms with Crippen LogP contribution in [0.25, 0.3) is 0 Å². The van der Waals surface area contributed by atoms with E-state index in [0.717, 1.165) is 10.0 Å². The van der Waals surface area contributed by atoms with Crippen molar-refractivity contribution in [3.63, 3.8) is 0 Å². The van der Waals surface area contributed by atoms with E-state index in [9.17, 15) is 4.79 Å². The van der Waals surface area contributed by atoms with Crippen molar-refractivity contribution in [3.8, 4) is 0 Å². The minimum Gasteiger partial charge on any atom is -0.409 e. The van der Waals surface area contributed by atoms with Crippen LogP contribution in [0.4, 0.5) is 5.69 Å². The highest BCUT2D eigenvalue weighted by atomic mass is 79.9. The second-order valence-corrected chi connectivity index (χ2v) is 5.40. The molecule has 98 valence electrons. The zero-order valence-corrected chi connectivity index (χ0v) is 12.1. The van der Waals surface area contributed by atoms with E-state index in [1.807, 2.05) is 25.1 Å². The lowest BCUT2D eigenvalue weighted by Crippen LogP contribution is -2.42. The fourth-order valence-electron chi connectivity index (χ4n) is 1.25. The van der Waals surface area contributed by atoms with Crippen LogP contribution in [0, 0.1) is 12.3 Å². The number of halogens is 1. The number of benzene rings is 1. The van der Waals surface area contributed by atoms with Gasteiger partial charge in [-0.3, -0.25) is 4.79 Å². The fraction of sp³-hybridized carbons (Fsp3) is 0.333. The third kappa shape index (κ3) is 3.01. The Morgan fingerprint density at radius 2 is 2.11 bits per heavy atom. The van der Waals surface area contributed by atoms with E-state index in [1.165, 1.54) is 0 Å². The molecular formula is C12H16BrN3O2. The molecule has 0 saturated carbocycles. The maximum absolute atomic E-state index is 12.1. The van der Waals surface area contributed by atoms with Gasteiger partial charge in [0, 0.05) is 4.47 Å². The molecule has 0 unspecified atom stereocenters. The number of anilines is 1. The Kier molecular flexibility index (Phi) is 4.34. The second-order valence-electron chi connectivity index (χ2n) is 4.55. The highest BCUT2D eigenvalue weighted by Gasteiger charge is 2.33. The molecule has 6 heteroatoms. The van der Waals surface area contributed by atoms with Gasteiger partial charge in [-0.15, -0.1) is 0 Å². The number of hydrogen-bond donors (Lipinski definition) is 3. The summed E-state index contributed by atoms with van der Waals surface area (Å²) in [5.41, 5.74) is 6.09. The number of nitrogens with zero attached hydrogens (tertiary/aromatic N) is 1. The summed E-state index contributed by atoms with van der Waals surface area (Å²) in [6.07, 6.45) is 0. The number of oxime groups is 1. The van der Waals surface area contributed by atoms with Crippen LogP contribution in [0.1, 0.15) is 19.4 Å². The monoisotopic (exact) mass is 313 g/mol. The summed E-state index contributed by atoms with van der Waals surface area (Å²) in [5.74, 6) is -0.479. The predicted octanol–water partition coefficient (Wildman–Crippen LogP) is 2.47. The second kappa shape index (κ2) is 5.39. The van der Waals surface area contributed by atoms with Gasteiger partial charge in [0.1, 0.15) is 5.41 Å². The molecule has 1 amide bonds. The molecule has 0 atom stereocenters. The Bertz CT molecular complexity index is 498. The van der Waals surface area contributed by atoms with Crippen molar-refractivity contribution in [1.29, 1.82) is 0 Å². The molecule has 0 bridgehead atoms. The van der Waals surface area contributed by atoms with Crippen molar-refractivity contribution in [2.45, 2.75) is 20.8 Å². The molecule has 0 aliphatic rings.